The quantitative estimate of drug-likeness (QED) is 0.732. The Balaban J connectivity index is 2.70. The van der Waals surface area contributed by atoms with E-state index >= 15 is 0 Å². The molecule has 1 rings (SSSR count). The minimum atomic E-state index is 0.218. The fourth-order valence-electron chi connectivity index (χ4n) is 1.30. The van der Waals surface area contributed by atoms with E-state index in [1.54, 1.807) is 6.20 Å². The van der Waals surface area contributed by atoms with Crippen LogP contribution in [-0.2, 0) is 6.54 Å². The Bertz CT molecular complexity index is 323. The second-order valence-electron chi connectivity index (χ2n) is 4.51. The van der Waals surface area contributed by atoms with Gasteiger partial charge in [0.05, 0.1) is 0 Å². The first-order chi connectivity index (χ1) is 6.95. The van der Waals surface area contributed by atoms with Crippen LogP contribution in [0.5, 0.6) is 0 Å². The molecule has 2 nitrogen and oxygen atoms in total. The molecular formula is C12H19ClN2. The van der Waals surface area contributed by atoms with Crippen molar-refractivity contribution in [3.05, 3.63) is 29.0 Å². The second kappa shape index (κ2) is 4.95. The van der Waals surface area contributed by atoms with E-state index in [2.05, 4.69) is 37.7 Å². The summed E-state index contributed by atoms with van der Waals surface area (Å²) in [4.78, 5) is 6.31. The van der Waals surface area contributed by atoms with Gasteiger partial charge in [-0.25, -0.2) is 4.98 Å². The van der Waals surface area contributed by atoms with Gasteiger partial charge in [-0.05, 0) is 45.0 Å². The van der Waals surface area contributed by atoms with Crippen molar-refractivity contribution in [1.82, 2.24) is 9.88 Å². The molecule has 0 fully saturated rings. The van der Waals surface area contributed by atoms with Crippen LogP contribution in [0.4, 0.5) is 0 Å². The number of rotatable bonds is 4. The zero-order valence-corrected chi connectivity index (χ0v) is 10.7. The summed E-state index contributed by atoms with van der Waals surface area (Å²) in [7, 11) is 2.14. The van der Waals surface area contributed by atoms with Crippen LogP contribution in [-0.4, -0.2) is 22.5 Å². The Kier molecular flexibility index (Phi) is 4.12. The predicted molar refractivity (Wildman–Crippen MR) is 65.1 cm³/mol. The summed E-state index contributed by atoms with van der Waals surface area (Å²) >= 11 is 5.85. The maximum absolute atomic E-state index is 5.85. The van der Waals surface area contributed by atoms with Gasteiger partial charge < -0.3 is 0 Å². The third kappa shape index (κ3) is 3.47. The van der Waals surface area contributed by atoms with Gasteiger partial charge in [-0.2, -0.15) is 0 Å². The highest BCUT2D eigenvalue weighted by Gasteiger charge is 2.20. The van der Waals surface area contributed by atoms with Crippen LogP contribution in [0.1, 0.15) is 32.8 Å². The van der Waals surface area contributed by atoms with Crippen molar-refractivity contribution in [3.8, 4) is 0 Å². The molecule has 15 heavy (non-hydrogen) atoms. The van der Waals surface area contributed by atoms with Crippen molar-refractivity contribution in [2.75, 3.05) is 7.05 Å². The van der Waals surface area contributed by atoms with Gasteiger partial charge in [0.1, 0.15) is 5.15 Å². The Labute approximate surface area is 97.3 Å². The monoisotopic (exact) mass is 226 g/mol. The van der Waals surface area contributed by atoms with Gasteiger partial charge in [-0.15, -0.1) is 0 Å². The fourth-order valence-corrected chi connectivity index (χ4v) is 1.50. The van der Waals surface area contributed by atoms with Crippen molar-refractivity contribution in [2.24, 2.45) is 0 Å². The minimum Gasteiger partial charge on any atom is -0.297 e. The van der Waals surface area contributed by atoms with E-state index in [0.717, 1.165) is 13.0 Å². The van der Waals surface area contributed by atoms with Crippen molar-refractivity contribution >= 4 is 11.6 Å². The number of halogens is 1. The van der Waals surface area contributed by atoms with E-state index in [1.165, 1.54) is 5.56 Å². The Morgan fingerprint density at radius 1 is 1.47 bits per heavy atom. The molecule has 0 atom stereocenters. The summed E-state index contributed by atoms with van der Waals surface area (Å²) in [5, 5.41) is 0.565. The summed E-state index contributed by atoms with van der Waals surface area (Å²) in [6.45, 7) is 7.60. The van der Waals surface area contributed by atoms with Crippen LogP contribution < -0.4 is 0 Å². The molecule has 0 radical (unpaired) electrons. The second-order valence-corrected chi connectivity index (χ2v) is 4.90. The zero-order valence-electron chi connectivity index (χ0n) is 9.92. The largest absolute Gasteiger partial charge is 0.297 e. The molecule has 0 aliphatic heterocycles. The molecule has 3 heteroatoms. The maximum atomic E-state index is 5.85. The molecule has 0 saturated heterocycles. The lowest BCUT2D eigenvalue weighted by atomic mass is 9.99. The molecule has 1 aromatic rings. The highest BCUT2D eigenvalue weighted by atomic mass is 35.5. The summed E-state index contributed by atoms with van der Waals surface area (Å²) in [5.41, 5.74) is 1.43. The molecule has 0 spiro atoms. The Hall–Kier alpha value is -0.600. The van der Waals surface area contributed by atoms with E-state index in [-0.39, 0.29) is 5.54 Å². The highest BCUT2D eigenvalue weighted by Crippen LogP contribution is 2.19. The molecule has 84 valence electrons. The number of hydrogen-bond donors (Lipinski definition) is 0. The maximum Gasteiger partial charge on any atom is 0.129 e. The van der Waals surface area contributed by atoms with Crippen LogP contribution in [0.3, 0.4) is 0 Å². The molecule has 0 amide bonds. The van der Waals surface area contributed by atoms with Crippen LogP contribution in [0.15, 0.2) is 18.3 Å². The van der Waals surface area contributed by atoms with Crippen LogP contribution in [0.2, 0.25) is 5.15 Å². The van der Waals surface area contributed by atoms with Gasteiger partial charge in [0.2, 0.25) is 0 Å². The molecule has 0 aliphatic carbocycles. The van der Waals surface area contributed by atoms with E-state index in [4.69, 9.17) is 11.6 Å². The fraction of sp³-hybridized carbons (Fsp3) is 0.583. The van der Waals surface area contributed by atoms with Crippen molar-refractivity contribution < 1.29 is 0 Å². The van der Waals surface area contributed by atoms with E-state index in [0.29, 0.717) is 5.15 Å². The highest BCUT2D eigenvalue weighted by molar-refractivity contribution is 6.29. The minimum absolute atomic E-state index is 0.218. The number of aromatic nitrogens is 1. The lowest BCUT2D eigenvalue weighted by molar-refractivity contribution is 0.143. The number of nitrogens with zero attached hydrogens (tertiary/aromatic N) is 2. The van der Waals surface area contributed by atoms with Crippen molar-refractivity contribution in [1.29, 1.82) is 0 Å². The molecule has 0 N–H and O–H groups in total. The van der Waals surface area contributed by atoms with Gasteiger partial charge in [0.25, 0.3) is 0 Å². The predicted octanol–water partition coefficient (Wildman–Crippen LogP) is 3.36. The van der Waals surface area contributed by atoms with Gasteiger partial charge in [0, 0.05) is 18.3 Å². The topological polar surface area (TPSA) is 16.1 Å². The molecule has 0 bridgehead atoms. The first-order valence-electron chi connectivity index (χ1n) is 5.27. The molecule has 0 aromatic carbocycles. The summed E-state index contributed by atoms with van der Waals surface area (Å²) in [6, 6.07) is 3.93. The molecular weight excluding hydrogens is 208 g/mol. The average molecular weight is 227 g/mol. The summed E-state index contributed by atoms with van der Waals surface area (Å²) in [6.07, 6.45) is 2.88. The van der Waals surface area contributed by atoms with Gasteiger partial charge in [-0.3, -0.25) is 4.90 Å². The third-order valence-corrected chi connectivity index (χ3v) is 3.32. The molecule has 0 unspecified atom stereocenters. The molecule has 0 aliphatic rings. The molecule has 1 heterocycles. The van der Waals surface area contributed by atoms with Crippen molar-refractivity contribution in [3.63, 3.8) is 0 Å². The van der Waals surface area contributed by atoms with Gasteiger partial charge in [0.15, 0.2) is 0 Å². The first kappa shape index (κ1) is 12.5. The van der Waals surface area contributed by atoms with E-state index in [9.17, 15) is 0 Å². The summed E-state index contributed by atoms with van der Waals surface area (Å²) in [5.74, 6) is 0. The average Bonchev–Trinajstić information content (AvgIpc) is 2.17. The van der Waals surface area contributed by atoms with E-state index < -0.39 is 0 Å². The Morgan fingerprint density at radius 2 is 2.13 bits per heavy atom. The first-order valence-corrected chi connectivity index (χ1v) is 5.65. The standard InChI is InChI=1S/C12H19ClN2/c1-5-12(2,3)15(4)9-10-6-7-14-11(13)8-10/h6-8H,5,9H2,1-4H3. The Morgan fingerprint density at radius 3 is 2.67 bits per heavy atom. The number of hydrogen-bond acceptors (Lipinski definition) is 2. The number of pyridine rings is 1. The van der Waals surface area contributed by atoms with Gasteiger partial charge in [-0.1, -0.05) is 18.5 Å². The van der Waals surface area contributed by atoms with Gasteiger partial charge >= 0.3 is 0 Å². The van der Waals surface area contributed by atoms with Crippen LogP contribution in [0, 0.1) is 0 Å². The zero-order chi connectivity index (χ0) is 11.5. The SMILES string of the molecule is CCC(C)(C)N(C)Cc1ccnc(Cl)c1. The van der Waals surface area contributed by atoms with Crippen LogP contribution in [0.25, 0.3) is 0 Å². The molecule has 0 saturated carbocycles. The van der Waals surface area contributed by atoms with E-state index in [1.807, 2.05) is 12.1 Å². The lowest BCUT2D eigenvalue weighted by Crippen LogP contribution is -2.39. The summed E-state index contributed by atoms with van der Waals surface area (Å²) < 4.78 is 0. The molecule has 1 aromatic heterocycles. The normalized spacial score (nSPS) is 12.1. The third-order valence-electron chi connectivity index (χ3n) is 3.11. The van der Waals surface area contributed by atoms with Crippen LogP contribution >= 0.6 is 11.6 Å². The van der Waals surface area contributed by atoms with Crippen molar-refractivity contribution in [2.45, 2.75) is 39.3 Å². The lowest BCUT2D eigenvalue weighted by Gasteiger charge is -2.34. The smallest absolute Gasteiger partial charge is 0.129 e.